The molecular formula is C14H13IN2O3. The van der Waals surface area contributed by atoms with Crippen LogP contribution in [0.3, 0.4) is 0 Å². The number of aromatic nitrogens is 2. The van der Waals surface area contributed by atoms with Gasteiger partial charge in [-0.25, -0.2) is 9.48 Å². The lowest BCUT2D eigenvalue weighted by molar-refractivity contribution is -0.131. The van der Waals surface area contributed by atoms with Crippen molar-refractivity contribution in [3.05, 3.63) is 45.2 Å². The van der Waals surface area contributed by atoms with Gasteiger partial charge in [-0.1, -0.05) is 0 Å². The molecule has 0 aliphatic heterocycles. The predicted octanol–water partition coefficient (Wildman–Crippen LogP) is 3.22. The summed E-state index contributed by atoms with van der Waals surface area (Å²) in [5, 5.41) is 13.0. The summed E-state index contributed by atoms with van der Waals surface area (Å²) in [5.41, 5.74) is 1.37. The van der Waals surface area contributed by atoms with Crippen molar-refractivity contribution in [1.29, 1.82) is 0 Å². The molecule has 0 radical (unpaired) electrons. The molecule has 0 atom stereocenters. The van der Waals surface area contributed by atoms with E-state index in [1.807, 2.05) is 31.2 Å². The van der Waals surface area contributed by atoms with E-state index in [0.29, 0.717) is 22.9 Å². The first kappa shape index (κ1) is 14.6. The summed E-state index contributed by atoms with van der Waals surface area (Å²) in [4.78, 5) is 10.6. The first-order chi connectivity index (χ1) is 9.47. The highest BCUT2D eigenvalue weighted by molar-refractivity contribution is 14.1. The van der Waals surface area contributed by atoms with Crippen molar-refractivity contribution < 1.29 is 14.6 Å². The Morgan fingerprint density at radius 2 is 2.05 bits per heavy atom. The number of hydrogen-bond donors (Lipinski definition) is 1. The van der Waals surface area contributed by atoms with Crippen LogP contribution in [-0.4, -0.2) is 20.9 Å². The summed E-state index contributed by atoms with van der Waals surface area (Å²) < 4.78 is 8.51. The van der Waals surface area contributed by atoms with Crippen LogP contribution in [0.25, 0.3) is 6.08 Å². The molecule has 0 aliphatic rings. The third-order valence-corrected chi connectivity index (χ3v) is 3.35. The Labute approximate surface area is 130 Å². The highest BCUT2D eigenvalue weighted by Crippen LogP contribution is 2.28. The van der Waals surface area contributed by atoms with Crippen LogP contribution in [0.15, 0.2) is 30.3 Å². The van der Waals surface area contributed by atoms with E-state index in [9.17, 15) is 4.79 Å². The number of halogens is 1. The minimum atomic E-state index is -1.01. The number of carbonyl (C=O) groups is 1. The summed E-state index contributed by atoms with van der Waals surface area (Å²) in [7, 11) is 1.76. The highest BCUT2D eigenvalue weighted by Gasteiger charge is 2.13. The van der Waals surface area contributed by atoms with Crippen molar-refractivity contribution in [1.82, 2.24) is 9.78 Å². The summed E-state index contributed by atoms with van der Waals surface area (Å²) >= 11 is 2.22. The van der Waals surface area contributed by atoms with Crippen molar-refractivity contribution in [3.63, 3.8) is 0 Å². The quantitative estimate of drug-likeness (QED) is 0.650. The van der Waals surface area contributed by atoms with Gasteiger partial charge in [0.1, 0.15) is 5.75 Å². The first-order valence-electron chi connectivity index (χ1n) is 5.85. The molecule has 1 aromatic heterocycles. The van der Waals surface area contributed by atoms with Gasteiger partial charge in [-0.05, 0) is 59.9 Å². The van der Waals surface area contributed by atoms with Crippen LogP contribution in [0.4, 0.5) is 0 Å². The molecule has 0 spiro atoms. The number of aliphatic carboxylic acids is 1. The zero-order valence-corrected chi connectivity index (χ0v) is 13.2. The number of rotatable bonds is 4. The fourth-order valence-corrected chi connectivity index (χ4v) is 2.09. The topological polar surface area (TPSA) is 64.4 Å². The average molecular weight is 384 g/mol. The number of carboxylic acids is 1. The molecule has 0 amide bonds. The number of nitrogens with zero attached hydrogens (tertiary/aromatic N) is 2. The molecular weight excluding hydrogens is 371 g/mol. The van der Waals surface area contributed by atoms with Crippen LogP contribution in [0.5, 0.6) is 11.6 Å². The van der Waals surface area contributed by atoms with Gasteiger partial charge in [0, 0.05) is 16.7 Å². The minimum absolute atomic E-state index is 0.515. The van der Waals surface area contributed by atoms with Gasteiger partial charge in [0.25, 0.3) is 0 Å². The molecule has 1 heterocycles. The van der Waals surface area contributed by atoms with Crippen molar-refractivity contribution in [2.75, 3.05) is 0 Å². The monoisotopic (exact) mass is 384 g/mol. The maximum atomic E-state index is 10.6. The van der Waals surface area contributed by atoms with Crippen molar-refractivity contribution in [2.45, 2.75) is 6.92 Å². The highest BCUT2D eigenvalue weighted by atomic mass is 127. The molecule has 20 heavy (non-hydrogen) atoms. The van der Waals surface area contributed by atoms with E-state index in [1.54, 1.807) is 11.7 Å². The lowest BCUT2D eigenvalue weighted by atomic mass is 10.2. The molecule has 0 bridgehead atoms. The molecule has 0 aliphatic carbocycles. The SMILES string of the molecule is Cc1nn(C)c(Oc2ccc(I)cc2)c1/C=C/C(=O)O. The van der Waals surface area contributed by atoms with Gasteiger partial charge in [-0.15, -0.1) is 0 Å². The number of ether oxygens (including phenoxy) is 1. The molecule has 5 nitrogen and oxygen atoms in total. The Balaban J connectivity index is 2.35. The van der Waals surface area contributed by atoms with Crippen LogP contribution in [0, 0.1) is 10.5 Å². The Bertz CT molecular complexity index is 660. The summed E-state index contributed by atoms with van der Waals surface area (Å²) in [6.07, 6.45) is 2.57. The van der Waals surface area contributed by atoms with Crippen LogP contribution in [0.1, 0.15) is 11.3 Å². The summed E-state index contributed by atoms with van der Waals surface area (Å²) in [5.74, 6) is 0.188. The zero-order chi connectivity index (χ0) is 14.7. The van der Waals surface area contributed by atoms with Gasteiger partial charge in [0.05, 0.1) is 11.3 Å². The second kappa shape index (κ2) is 6.08. The van der Waals surface area contributed by atoms with Crippen LogP contribution >= 0.6 is 22.6 Å². The lowest BCUT2D eigenvalue weighted by Crippen LogP contribution is -1.96. The van der Waals surface area contributed by atoms with Crippen LogP contribution in [0.2, 0.25) is 0 Å². The Morgan fingerprint density at radius 3 is 2.65 bits per heavy atom. The predicted molar refractivity (Wildman–Crippen MR) is 83.8 cm³/mol. The van der Waals surface area contributed by atoms with E-state index < -0.39 is 5.97 Å². The van der Waals surface area contributed by atoms with E-state index in [2.05, 4.69) is 27.7 Å². The van der Waals surface area contributed by atoms with E-state index in [4.69, 9.17) is 9.84 Å². The Hall–Kier alpha value is -1.83. The molecule has 0 fully saturated rings. The standard InChI is InChI=1S/C14H13IN2O3/c1-9-12(7-8-13(18)19)14(17(2)16-9)20-11-5-3-10(15)4-6-11/h3-8H,1-2H3,(H,18,19)/b8-7+. The second-order valence-electron chi connectivity index (χ2n) is 4.16. The smallest absolute Gasteiger partial charge is 0.328 e. The normalized spacial score (nSPS) is 10.9. The molecule has 6 heteroatoms. The van der Waals surface area contributed by atoms with E-state index in [-0.39, 0.29) is 0 Å². The van der Waals surface area contributed by atoms with Gasteiger partial charge in [-0.3, -0.25) is 0 Å². The second-order valence-corrected chi connectivity index (χ2v) is 5.40. The van der Waals surface area contributed by atoms with Gasteiger partial charge in [-0.2, -0.15) is 5.10 Å². The molecule has 1 aromatic carbocycles. The fraction of sp³-hybridized carbons (Fsp3) is 0.143. The fourth-order valence-electron chi connectivity index (χ4n) is 1.74. The van der Waals surface area contributed by atoms with Crippen LogP contribution < -0.4 is 4.74 Å². The van der Waals surface area contributed by atoms with Crippen molar-refractivity contribution in [2.24, 2.45) is 7.05 Å². The van der Waals surface area contributed by atoms with Crippen molar-refractivity contribution >= 4 is 34.6 Å². The van der Waals surface area contributed by atoms with Gasteiger partial charge in [0.15, 0.2) is 0 Å². The summed E-state index contributed by atoms with van der Waals surface area (Å²) in [6, 6.07) is 7.58. The molecule has 2 aromatic rings. The van der Waals surface area contributed by atoms with Gasteiger partial charge >= 0.3 is 5.97 Å². The largest absolute Gasteiger partial charge is 0.478 e. The third-order valence-electron chi connectivity index (χ3n) is 2.63. The van der Waals surface area contributed by atoms with Gasteiger partial charge < -0.3 is 9.84 Å². The van der Waals surface area contributed by atoms with Crippen molar-refractivity contribution in [3.8, 4) is 11.6 Å². The van der Waals surface area contributed by atoms with E-state index in [0.717, 1.165) is 9.65 Å². The summed E-state index contributed by atoms with van der Waals surface area (Å²) in [6.45, 7) is 1.81. The molecule has 104 valence electrons. The average Bonchev–Trinajstić information content (AvgIpc) is 2.64. The number of hydrogen-bond acceptors (Lipinski definition) is 3. The van der Waals surface area contributed by atoms with Crippen LogP contribution in [-0.2, 0) is 11.8 Å². The van der Waals surface area contributed by atoms with E-state index >= 15 is 0 Å². The Kier molecular flexibility index (Phi) is 4.43. The third kappa shape index (κ3) is 3.38. The molecule has 2 rings (SSSR count). The lowest BCUT2D eigenvalue weighted by Gasteiger charge is -2.07. The minimum Gasteiger partial charge on any atom is -0.478 e. The zero-order valence-electron chi connectivity index (χ0n) is 11.0. The Morgan fingerprint density at radius 1 is 1.40 bits per heavy atom. The van der Waals surface area contributed by atoms with Gasteiger partial charge in [0.2, 0.25) is 5.88 Å². The molecule has 0 saturated heterocycles. The number of benzene rings is 1. The number of carboxylic acid groups (broad SMARTS) is 1. The maximum absolute atomic E-state index is 10.6. The molecule has 0 unspecified atom stereocenters. The maximum Gasteiger partial charge on any atom is 0.328 e. The number of aryl methyl sites for hydroxylation is 2. The molecule has 0 saturated carbocycles. The first-order valence-corrected chi connectivity index (χ1v) is 6.93. The molecule has 1 N–H and O–H groups in total. The van der Waals surface area contributed by atoms with E-state index in [1.165, 1.54) is 6.08 Å².